The van der Waals surface area contributed by atoms with E-state index in [0.29, 0.717) is 12.2 Å². The average Bonchev–Trinajstić information content (AvgIpc) is 2.37. The molecule has 6 heteroatoms. The van der Waals surface area contributed by atoms with Crippen LogP contribution in [0.5, 0.6) is 5.75 Å². The quantitative estimate of drug-likeness (QED) is 0.785. The van der Waals surface area contributed by atoms with Crippen molar-refractivity contribution in [1.29, 1.82) is 0 Å². The van der Waals surface area contributed by atoms with Crippen LogP contribution in [-0.2, 0) is 4.74 Å². The van der Waals surface area contributed by atoms with Gasteiger partial charge in [0.05, 0.1) is 11.9 Å². The predicted octanol–water partition coefficient (Wildman–Crippen LogP) is 3.00. The lowest BCUT2D eigenvalue weighted by molar-refractivity contribution is -0.0109. The molecule has 1 aromatic carbocycles. The third-order valence-electron chi connectivity index (χ3n) is 3.22. The van der Waals surface area contributed by atoms with Gasteiger partial charge in [-0.25, -0.2) is 0 Å². The molecule has 0 bridgehead atoms. The fraction of sp³-hybridized carbons (Fsp3) is 0.538. The summed E-state index contributed by atoms with van der Waals surface area (Å²) in [6.45, 7) is -2.57. The van der Waals surface area contributed by atoms with E-state index in [1.165, 1.54) is 6.07 Å². The Morgan fingerprint density at radius 2 is 2.11 bits per heavy atom. The smallest absolute Gasteiger partial charge is 0.494 e. The van der Waals surface area contributed by atoms with Crippen molar-refractivity contribution >= 4 is 12.4 Å². The Hall–Kier alpha value is -1.17. The maximum absolute atomic E-state index is 12.9. The van der Waals surface area contributed by atoms with Gasteiger partial charge in [-0.1, -0.05) is 23.2 Å². The zero-order valence-corrected chi connectivity index (χ0v) is 10.9. The lowest BCUT2D eigenvalue weighted by Crippen LogP contribution is -2.36. The van der Waals surface area contributed by atoms with Crippen LogP contribution in [0.25, 0.3) is 0 Å². The van der Waals surface area contributed by atoms with Crippen LogP contribution in [0.1, 0.15) is 24.8 Å². The molecule has 1 aliphatic heterocycles. The normalized spacial score (nSPS) is 20.3. The standard InChI is InChI=1S/C13H17BF3O2/c1-10-5-6-13(12(8-10)14(15,16)17)19-9-11-4-2-3-7-18-11/h5-6,8,11H,2-4,7,9H2,1H3/q-1. The molecule has 2 rings (SSSR count). The van der Waals surface area contributed by atoms with Crippen LogP contribution in [-0.4, -0.2) is 26.3 Å². The first-order valence-corrected chi connectivity index (χ1v) is 6.52. The monoisotopic (exact) mass is 273 g/mol. The van der Waals surface area contributed by atoms with Gasteiger partial charge in [-0.2, -0.15) is 0 Å². The van der Waals surface area contributed by atoms with Gasteiger partial charge in [0, 0.05) is 6.61 Å². The minimum atomic E-state index is -5.05. The van der Waals surface area contributed by atoms with Gasteiger partial charge in [-0.3, -0.25) is 0 Å². The molecular formula is C13H17BF3O2-. The van der Waals surface area contributed by atoms with E-state index in [4.69, 9.17) is 9.47 Å². The van der Waals surface area contributed by atoms with E-state index in [2.05, 4.69) is 0 Å². The Labute approximate surface area is 111 Å². The van der Waals surface area contributed by atoms with Gasteiger partial charge >= 0.3 is 6.98 Å². The lowest BCUT2D eigenvalue weighted by atomic mass is 9.78. The Kier molecular flexibility index (Phi) is 4.40. The van der Waals surface area contributed by atoms with Crippen LogP contribution < -0.4 is 10.2 Å². The third-order valence-corrected chi connectivity index (χ3v) is 3.22. The molecule has 0 N–H and O–H groups in total. The molecule has 1 atom stereocenters. The number of halogens is 3. The summed E-state index contributed by atoms with van der Waals surface area (Å²) >= 11 is 0. The number of hydrogen-bond acceptors (Lipinski definition) is 2. The molecule has 0 amide bonds. The average molecular weight is 273 g/mol. The molecule has 1 fully saturated rings. The molecule has 0 saturated carbocycles. The highest BCUT2D eigenvalue weighted by Gasteiger charge is 2.29. The van der Waals surface area contributed by atoms with Crippen molar-refractivity contribution in [3.05, 3.63) is 23.8 Å². The number of benzene rings is 1. The number of hydrogen-bond donors (Lipinski definition) is 0. The Morgan fingerprint density at radius 3 is 2.74 bits per heavy atom. The van der Waals surface area contributed by atoms with Crippen LogP contribution in [0, 0.1) is 6.92 Å². The van der Waals surface area contributed by atoms with Gasteiger partial charge in [0.25, 0.3) is 0 Å². The molecule has 0 spiro atoms. The van der Waals surface area contributed by atoms with Crippen molar-refractivity contribution in [3.8, 4) is 5.75 Å². The van der Waals surface area contributed by atoms with Crippen molar-refractivity contribution in [3.63, 3.8) is 0 Å². The lowest BCUT2D eigenvalue weighted by Gasteiger charge is -2.25. The van der Waals surface area contributed by atoms with E-state index in [-0.39, 0.29) is 18.5 Å². The molecule has 106 valence electrons. The summed E-state index contributed by atoms with van der Waals surface area (Å²) in [5.74, 6) is -0.0905. The predicted molar refractivity (Wildman–Crippen MR) is 69.0 cm³/mol. The second kappa shape index (κ2) is 5.86. The summed E-state index contributed by atoms with van der Waals surface area (Å²) in [5, 5.41) is 0. The van der Waals surface area contributed by atoms with E-state index in [1.807, 2.05) is 0 Å². The SMILES string of the molecule is Cc1ccc(OCC2CCCCO2)c([B-](F)(F)F)c1. The van der Waals surface area contributed by atoms with Crippen LogP contribution in [0.3, 0.4) is 0 Å². The van der Waals surface area contributed by atoms with Gasteiger partial charge < -0.3 is 22.4 Å². The third kappa shape index (κ3) is 3.90. The van der Waals surface area contributed by atoms with E-state index in [9.17, 15) is 12.9 Å². The fourth-order valence-corrected chi connectivity index (χ4v) is 2.18. The Balaban J connectivity index is 2.06. The minimum Gasteiger partial charge on any atom is -0.494 e. The van der Waals surface area contributed by atoms with Gasteiger partial charge in [-0.05, 0) is 32.3 Å². The molecule has 0 aliphatic carbocycles. The van der Waals surface area contributed by atoms with Crippen molar-refractivity contribution in [2.75, 3.05) is 13.2 Å². The summed E-state index contributed by atoms with van der Waals surface area (Å²) < 4.78 is 49.6. The largest absolute Gasteiger partial charge is 0.513 e. The molecule has 0 radical (unpaired) electrons. The van der Waals surface area contributed by atoms with E-state index in [0.717, 1.165) is 25.3 Å². The highest BCUT2D eigenvalue weighted by atomic mass is 19.4. The van der Waals surface area contributed by atoms with E-state index in [1.54, 1.807) is 13.0 Å². The first-order chi connectivity index (χ1) is 8.97. The van der Waals surface area contributed by atoms with Crippen LogP contribution in [0.2, 0.25) is 0 Å². The van der Waals surface area contributed by atoms with E-state index < -0.39 is 12.4 Å². The second-order valence-corrected chi connectivity index (χ2v) is 4.92. The Morgan fingerprint density at radius 1 is 1.32 bits per heavy atom. The molecule has 1 aliphatic rings. The zero-order chi connectivity index (χ0) is 13.9. The minimum absolute atomic E-state index is 0.0905. The molecular weight excluding hydrogens is 256 g/mol. The summed E-state index contributed by atoms with van der Waals surface area (Å²) in [6, 6.07) is 4.15. The number of aryl methyl sites for hydroxylation is 1. The highest BCUT2D eigenvalue weighted by molar-refractivity contribution is 6.74. The molecule has 1 saturated heterocycles. The van der Waals surface area contributed by atoms with Crippen LogP contribution >= 0.6 is 0 Å². The topological polar surface area (TPSA) is 18.5 Å². The second-order valence-electron chi connectivity index (χ2n) is 4.92. The van der Waals surface area contributed by atoms with Crippen molar-refractivity contribution in [2.45, 2.75) is 32.3 Å². The number of rotatable bonds is 4. The van der Waals surface area contributed by atoms with Crippen LogP contribution in [0.15, 0.2) is 18.2 Å². The highest BCUT2D eigenvalue weighted by Crippen LogP contribution is 2.20. The molecule has 0 aromatic heterocycles. The Bertz CT molecular complexity index is 428. The maximum atomic E-state index is 12.9. The van der Waals surface area contributed by atoms with Gasteiger partial charge in [0.15, 0.2) is 0 Å². The zero-order valence-electron chi connectivity index (χ0n) is 10.9. The van der Waals surface area contributed by atoms with Gasteiger partial charge in [0.1, 0.15) is 6.61 Å². The summed E-state index contributed by atoms with van der Waals surface area (Å²) in [7, 11) is 0. The maximum Gasteiger partial charge on any atom is 0.513 e. The van der Waals surface area contributed by atoms with Crippen LogP contribution in [0.4, 0.5) is 12.9 Å². The summed E-state index contributed by atoms with van der Waals surface area (Å²) in [6.07, 6.45) is 2.80. The summed E-state index contributed by atoms with van der Waals surface area (Å²) in [4.78, 5) is 0. The van der Waals surface area contributed by atoms with Crippen molar-refractivity contribution < 1.29 is 22.4 Å². The van der Waals surface area contributed by atoms with Crippen molar-refractivity contribution in [2.24, 2.45) is 0 Å². The number of ether oxygens (including phenoxy) is 2. The van der Waals surface area contributed by atoms with Gasteiger partial charge in [-0.15, -0.1) is 0 Å². The molecule has 2 nitrogen and oxygen atoms in total. The van der Waals surface area contributed by atoms with Crippen molar-refractivity contribution in [1.82, 2.24) is 0 Å². The molecule has 19 heavy (non-hydrogen) atoms. The molecule has 1 unspecified atom stereocenters. The fourth-order valence-electron chi connectivity index (χ4n) is 2.18. The van der Waals surface area contributed by atoms with E-state index >= 15 is 0 Å². The summed E-state index contributed by atoms with van der Waals surface area (Å²) in [5.41, 5.74) is -0.0775. The first kappa shape index (κ1) is 14.2. The molecule has 1 heterocycles. The first-order valence-electron chi connectivity index (χ1n) is 6.52. The molecule has 1 aromatic rings. The van der Waals surface area contributed by atoms with Gasteiger partial charge in [0.2, 0.25) is 0 Å².